The number of pyridine rings is 1. The number of fused-ring (bicyclic) bond motifs is 4. The Morgan fingerprint density at radius 3 is 2.76 bits per heavy atom. The number of aliphatic hydroxyl groups excluding tert-OH is 1. The van der Waals surface area contributed by atoms with Crippen molar-refractivity contribution >= 4 is 11.5 Å². The Balaban J connectivity index is 1.56. The molecular weight excluding hydrogens is 370 g/mol. The van der Waals surface area contributed by atoms with Gasteiger partial charge in [-0.2, -0.15) is 0 Å². The summed E-state index contributed by atoms with van der Waals surface area (Å²) < 4.78 is 7.28. The number of likely N-dealkylation sites (N-methyl/N-ethyl adjacent to an activating group) is 1. The van der Waals surface area contributed by atoms with Crippen molar-refractivity contribution in [2.24, 2.45) is 11.8 Å². The van der Waals surface area contributed by atoms with Crippen molar-refractivity contribution in [2.45, 2.75) is 37.9 Å². The second-order valence-corrected chi connectivity index (χ2v) is 8.70. The first-order valence-corrected chi connectivity index (χ1v) is 10.7. The molecule has 2 fully saturated rings. The van der Waals surface area contributed by atoms with Crippen molar-refractivity contribution in [3.63, 3.8) is 0 Å². The first-order chi connectivity index (χ1) is 14.1. The minimum absolute atomic E-state index is 0.0157. The lowest BCUT2D eigenvalue weighted by atomic mass is 9.86. The van der Waals surface area contributed by atoms with Crippen molar-refractivity contribution < 1.29 is 14.6 Å². The fourth-order valence-electron chi connectivity index (χ4n) is 5.83. The van der Waals surface area contributed by atoms with Gasteiger partial charge in [0.05, 0.1) is 25.2 Å². The van der Waals surface area contributed by atoms with E-state index in [0.29, 0.717) is 32.8 Å². The molecule has 156 valence electrons. The number of morpholine rings is 1. The van der Waals surface area contributed by atoms with Crippen LogP contribution < -0.4 is 5.56 Å². The minimum atomic E-state index is -0.335. The van der Waals surface area contributed by atoms with Crippen LogP contribution >= 0.6 is 0 Å². The van der Waals surface area contributed by atoms with Gasteiger partial charge in [0.1, 0.15) is 0 Å². The third-order valence-corrected chi connectivity index (χ3v) is 7.34. The molecule has 7 nitrogen and oxygen atoms in total. The molecule has 1 aromatic heterocycles. The van der Waals surface area contributed by atoms with E-state index in [1.165, 1.54) is 0 Å². The predicted octanol–water partition coefficient (Wildman–Crippen LogP) is 0.868. The van der Waals surface area contributed by atoms with Gasteiger partial charge in [-0.15, -0.1) is 0 Å². The monoisotopic (exact) mass is 399 g/mol. The van der Waals surface area contributed by atoms with E-state index in [2.05, 4.69) is 11.0 Å². The van der Waals surface area contributed by atoms with E-state index >= 15 is 0 Å². The van der Waals surface area contributed by atoms with E-state index in [9.17, 15) is 14.7 Å². The number of rotatable bonds is 3. The molecule has 0 unspecified atom stereocenters. The highest BCUT2D eigenvalue weighted by molar-refractivity contribution is 5.81. The van der Waals surface area contributed by atoms with Crippen LogP contribution in [0.2, 0.25) is 0 Å². The highest BCUT2D eigenvalue weighted by Gasteiger charge is 2.55. The number of nitrogens with zero attached hydrogens (tertiary/aromatic N) is 3. The highest BCUT2D eigenvalue weighted by atomic mass is 16.5. The molecule has 0 aromatic carbocycles. The fraction of sp³-hybridized carbons (Fsp3) is 0.636. The number of carbonyl (C=O) groups excluding carboxylic acids is 1. The molecule has 0 radical (unpaired) electrons. The molecule has 1 amide bonds. The van der Waals surface area contributed by atoms with Crippen molar-refractivity contribution in [3.05, 3.63) is 39.8 Å². The van der Waals surface area contributed by atoms with E-state index in [1.807, 2.05) is 28.6 Å². The predicted molar refractivity (Wildman–Crippen MR) is 108 cm³/mol. The third-order valence-electron chi connectivity index (χ3n) is 7.34. The average molecular weight is 399 g/mol. The Labute approximate surface area is 170 Å². The lowest BCUT2D eigenvalue weighted by Gasteiger charge is -2.36. The zero-order valence-corrected chi connectivity index (χ0v) is 16.9. The largest absolute Gasteiger partial charge is 0.396 e. The number of hydrogen-bond donors (Lipinski definition) is 1. The summed E-state index contributed by atoms with van der Waals surface area (Å²) in [6.45, 7) is 2.78. The smallest absolute Gasteiger partial charge is 0.258 e. The zero-order valence-electron chi connectivity index (χ0n) is 16.9. The van der Waals surface area contributed by atoms with Crippen LogP contribution in [0.15, 0.2) is 23.0 Å². The van der Waals surface area contributed by atoms with Gasteiger partial charge in [0, 0.05) is 49.5 Å². The van der Waals surface area contributed by atoms with Gasteiger partial charge in [-0.3, -0.25) is 14.5 Å². The Morgan fingerprint density at radius 1 is 1.28 bits per heavy atom. The van der Waals surface area contributed by atoms with Crippen LogP contribution in [0.3, 0.4) is 0 Å². The van der Waals surface area contributed by atoms with Crippen molar-refractivity contribution in [1.82, 2.24) is 14.4 Å². The Bertz CT molecular complexity index is 902. The maximum Gasteiger partial charge on any atom is 0.258 e. The van der Waals surface area contributed by atoms with Crippen LogP contribution in [0.1, 0.15) is 36.6 Å². The number of aliphatic hydroxyl groups is 1. The summed E-state index contributed by atoms with van der Waals surface area (Å²) in [5.41, 5.74) is 2.90. The minimum Gasteiger partial charge on any atom is -0.396 e. The first-order valence-electron chi connectivity index (χ1n) is 10.7. The molecule has 4 heterocycles. The van der Waals surface area contributed by atoms with Crippen molar-refractivity contribution in [3.8, 4) is 0 Å². The summed E-state index contributed by atoms with van der Waals surface area (Å²) in [6, 6.07) is 3.79. The molecule has 0 spiro atoms. The molecule has 29 heavy (non-hydrogen) atoms. The highest BCUT2D eigenvalue weighted by Crippen LogP contribution is 2.48. The standard InChI is InChI=1S/C22H29N3O4/c1-23-18-12-25-17(7-6-15(21(25)27)14-4-2-3-5-14)20(23)19(16(18)13-26)22(28)24-8-10-29-11-9-24/h4,6-7,16,18-20,26H,2-3,5,8-13H2,1H3/t16-,18-,19+,20+/m1/s1. The molecule has 1 N–H and O–H groups in total. The molecular formula is C22H29N3O4. The van der Waals surface area contributed by atoms with Gasteiger partial charge < -0.3 is 19.3 Å². The number of allylic oxidation sites excluding steroid dienone is 2. The summed E-state index contributed by atoms with van der Waals surface area (Å²) >= 11 is 0. The second-order valence-electron chi connectivity index (χ2n) is 8.70. The van der Waals surface area contributed by atoms with Crippen LogP contribution in [0, 0.1) is 11.8 Å². The number of carbonyl (C=O) groups is 1. The van der Waals surface area contributed by atoms with E-state index in [0.717, 1.165) is 36.1 Å². The number of aromatic nitrogens is 1. The van der Waals surface area contributed by atoms with Crippen molar-refractivity contribution in [1.29, 1.82) is 0 Å². The SMILES string of the molecule is CN1[C@@H]2Cn3c(ccc(C4=CCCC4)c3=O)[C@H]1[C@@H](C(=O)N1CCOCC1)[C@@H]2CO. The van der Waals surface area contributed by atoms with Gasteiger partial charge in [-0.25, -0.2) is 0 Å². The van der Waals surface area contributed by atoms with E-state index in [-0.39, 0.29) is 42.0 Å². The number of hydrogen-bond acceptors (Lipinski definition) is 5. The fourth-order valence-corrected chi connectivity index (χ4v) is 5.83. The molecule has 7 heteroatoms. The molecule has 5 rings (SSSR count). The van der Waals surface area contributed by atoms with Gasteiger partial charge in [0.2, 0.25) is 5.91 Å². The molecule has 4 atom stereocenters. The Kier molecular flexibility index (Phi) is 4.84. The summed E-state index contributed by atoms with van der Waals surface area (Å²) in [5, 5.41) is 10.2. The lowest BCUT2D eigenvalue weighted by molar-refractivity contribution is -0.142. The van der Waals surface area contributed by atoms with Crippen LogP contribution in [0.25, 0.3) is 5.57 Å². The third kappa shape index (κ3) is 2.90. The lowest BCUT2D eigenvalue weighted by Crippen LogP contribution is -2.46. The summed E-state index contributed by atoms with van der Waals surface area (Å²) in [4.78, 5) is 30.9. The quantitative estimate of drug-likeness (QED) is 0.816. The molecule has 3 aliphatic heterocycles. The van der Waals surface area contributed by atoms with E-state index in [1.54, 1.807) is 0 Å². The van der Waals surface area contributed by atoms with Crippen LogP contribution in [-0.2, 0) is 16.1 Å². The topological polar surface area (TPSA) is 75.0 Å². The van der Waals surface area contributed by atoms with Crippen molar-refractivity contribution in [2.75, 3.05) is 40.0 Å². The van der Waals surface area contributed by atoms with Gasteiger partial charge in [0.25, 0.3) is 5.56 Å². The number of amides is 1. The van der Waals surface area contributed by atoms with Crippen LogP contribution in [0.5, 0.6) is 0 Å². The normalized spacial score (nSPS) is 31.7. The Morgan fingerprint density at radius 2 is 2.07 bits per heavy atom. The maximum atomic E-state index is 13.5. The van der Waals surface area contributed by atoms with Crippen LogP contribution in [0.4, 0.5) is 0 Å². The maximum absolute atomic E-state index is 13.5. The summed E-state index contributed by atoms with van der Waals surface area (Å²) in [5.74, 6) is -0.429. The Hall–Kier alpha value is -1.96. The second kappa shape index (κ2) is 7.38. The van der Waals surface area contributed by atoms with Gasteiger partial charge >= 0.3 is 0 Å². The average Bonchev–Trinajstić information content (AvgIpc) is 3.33. The molecule has 1 aliphatic carbocycles. The summed E-state index contributed by atoms with van der Waals surface area (Å²) in [7, 11) is 2.02. The molecule has 4 aliphatic rings. The first kappa shape index (κ1) is 19.0. The van der Waals surface area contributed by atoms with E-state index < -0.39 is 0 Å². The van der Waals surface area contributed by atoms with Gasteiger partial charge in [-0.05, 0) is 44.0 Å². The molecule has 0 saturated carbocycles. The van der Waals surface area contributed by atoms with Crippen LogP contribution in [-0.4, -0.2) is 71.4 Å². The van der Waals surface area contributed by atoms with Gasteiger partial charge in [-0.1, -0.05) is 6.08 Å². The molecule has 1 aromatic rings. The van der Waals surface area contributed by atoms with E-state index in [4.69, 9.17) is 4.74 Å². The summed E-state index contributed by atoms with van der Waals surface area (Å²) in [6.07, 6.45) is 5.27. The molecule has 2 saturated heterocycles. The molecule has 2 bridgehead atoms. The van der Waals surface area contributed by atoms with Gasteiger partial charge in [0.15, 0.2) is 0 Å². The zero-order chi connectivity index (χ0) is 20.1. The number of ether oxygens (including phenoxy) is 1.